The number of sulfonamides is 1. The zero-order valence-corrected chi connectivity index (χ0v) is 19.2. The second kappa shape index (κ2) is 10.4. The minimum absolute atomic E-state index is 0.132. The Morgan fingerprint density at radius 2 is 1.69 bits per heavy atom. The lowest BCUT2D eigenvalue weighted by Gasteiger charge is -2.13. The van der Waals surface area contributed by atoms with Crippen LogP contribution in [0.3, 0.4) is 0 Å². The van der Waals surface area contributed by atoms with Crippen LogP contribution in [0.15, 0.2) is 71.6 Å². The second-order valence-electron chi connectivity index (χ2n) is 6.90. The third-order valence-corrected chi connectivity index (χ3v) is 6.14. The molecule has 0 aliphatic rings. The van der Waals surface area contributed by atoms with Crippen molar-refractivity contribution in [3.05, 3.63) is 82.9 Å². The van der Waals surface area contributed by atoms with E-state index in [1.807, 2.05) is 6.92 Å². The molecule has 0 spiro atoms. The fraction of sp³-hybridized carbons (Fsp3) is 0.174. The van der Waals surface area contributed by atoms with E-state index in [1.54, 1.807) is 48.5 Å². The Morgan fingerprint density at radius 1 is 1.00 bits per heavy atom. The molecule has 0 aromatic heterocycles. The first-order valence-corrected chi connectivity index (χ1v) is 11.6. The van der Waals surface area contributed by atoms with Crippen molar-refractivity contribution in [2.24, 2.45) is 0 Å². The Kier molecular flexibility index (Phi) is 7.61. The molecule has 0 atom stereocenters. The number of carbonyl (C=O) groups is 1. The molecule has 0 fully saturated rings. The van der Waals surface area contributed by atoms with Crippen LogP contribution in [-0.2, 0) is 10.0 Å². The molecule has 3 aromatic rings. The molecule has 0 aliphatic heterocycles. The highest BCUT2D eigenvalue weighted by molar-refractivity contribution is 7.92. The maximum atomic E-state index is 12.9. The molecular weight excluding hydrogens is 452 g/mol. The van der Waals surface area contributed by atoms with E-state index in [0.717, 1.165) is 5.56 Å². The van der Waals surface area contributed by atoms with Crippen molar-refractivity contribution in [2.45, 2.75) is 11.8 Å². The average Bonchev–Trinajstić information content (AvgIpc) is 2.78. The van der Waals surface area contributed by atoms with Gasteiger partial charge in [0.1, 0.15) is 23.0 Å². The van der Waals surface area contributed by atoms with Gasteiger partial charge in [0, 0.05) is 16.3 Å². The number of hydrogen-bond donors (Lipinski definition) is 2. The Bertz CT molecular complexity index is 1180. The van der Waals surface area contributed by atoms with Gasteiger partial charge in [0.2, 0.25) is 0 Å². The monoisotopic (exact) mass is 474 g/mol. The van der Waals surface area contributed by atoms with Crippen LogP contribution in [0.25, 0.3) is 0 Å². The van der Waals surface area contributed by atoms with Crippen molar-refractivity contribution < 1.29 is 22.7 Å². The smallest absolute Gasteiger partial charge is 0.265 e. The number of hydrogen-bond acceptors (Lipinski definition) is 5. The molecule has 0 heterocycles. The predicted molar refractivity (Wildman–Crippen MR) is 124 cm³/mol. The van der Waals surface area contributed by atoms with Crippen LogP contribution in [0.4, 0.5) is 5.69 Å². The van der Waals surface area contributed by atoms with Crippen LogP contribution in [0, 0.1) is 6.92 Å². The fourth-order valence-electron chi connectivity index (χ4n) is 2.83. The lowest BCUT2D eigenvalue weighted by atomic mass is 10.2. The number of amides is 1. The Labute approximate surface area is 192 Å². The summed E-state index contributed by atoms with van der Waals surface area (Å²) in [6.45, 7) is 2.38. The average molecular weight is 475 g/mol. The van der Waals surface area contributed by atoms with Crippen LogP contribution in [0.1, 0.15) is 15.9 Å². The van der Waals surface area contributed by atoms with E-state index in [4.69, 9.17) is 21.1 Å². The summed E-state index contributed by atoms with van der Waals surface area (Å²) in [7, 11) is -2.61. The fourth-order valence-corrected chi connectivity index (χ4v) is 4.21. The minimum atomic E-state index is -3.98. The highest BCUT2D eigenvalue weighted by atomic mass is 35.5. The van der Waals surface area contributed by atoms with Crippen molar-refractivity contribution in [2.75, 3.05) is 25.0 Å². The van der Waals surface area contributed by atoms with Crippen molar-refractivity contribution in [1.82, 2.24) is 5.32 Å². The summed E-state index contributed by atoms with van der Waals surface area (Å²) < 4.78 is 39.1. The Morgan fingerprint density at radius 3 is 2.34 bits per heavy atom. The summed E-state index contributed by atoms with van der Waals surface area (Å²) in [5, 5.41) is 3.31. The summed E-state index contributed by atoms with van der Waals surface area (Å²) in [5.41, 5.74) is 1.60. The first kappa shape index (κ1) is 23.4. The molecule has 3 aromatic carbocycles. The van der Waals surface area contributed by atoms with Crippen LogP contribution in [-0.4, -0.2) is 34.6 Å². The molecule has 0 saturated carbocycles. The molecule has 3 rings (SSSR count). The molecule has 0 bridgehead atoms. The zero-order valence-electron chi connectivity index (χ0n) is 17.6. The van der Waals surface area contributed by atoms with Gasteiger partial charge >= 0.3 is 0 Å². The minimum Gasteiger partial charge on any atom is -0.495 e. The quantitative estimate of drug-likeness (QED) is 0.452. The van der Waals surface area contributed by atoms with Gasteiger partial charge in [-0.05, 0) is 61.5 Å². The maximum absolute atomic E-state index is 12.9. The molecular formula is C23H23ClN2O5S. The van der Waals surface area contributed by atoms with Crippen molar-refractivity contribution in [1.29, 1.82) is 0 Å². The molecule has 0 unspecified atom stereocenters. The van der Waals surface area contributed by atoms with Gasteiger partial charge < -0.3 is 14.8 Å². The second-order valence-corrected chi connectivity index (χ2v) is 8.98. The van der Waals surface area contributed by atoms with Gasteiger partial charge in [0.15, 0.2) is 0 Å². The molecule has 0 aliphatic carbocycles. The number of benzene rings is 3. The van der Waals surface area contributed by atoms with Crippen LogP contribution < -0.4 is 19.5 Å². The normalized spacial score (nSPS) is 11.0. The summed E-state index contributed by atoms with van der Waals surface area (Å²) in [6, 6.07) is 18.0. The third-order valence-electron chi connectivity index (χ3n) is 4.49. The summed E-state index contributed by atoms with van der Waals surface area (Å²) in [6.07, 6.45) is 0. The molecule has 0 saturated heterocycles. The first-order valence-electron chi connectivity index (χ1n) is 9.72. The van der Waals surface area contributed by atoms with Crippen LogP contribution >= 0.6 is 11.6 Å². The number of anilines is 1. The molecule has 7 nitrogen and oxygen atoms in total. The molecule has 2 N–H and O–H groups in total. The van der Waals surface area contributed by atoms with Crippen LogP contribution in [0.5, 0.6) is 11.5 Å². The van der Waals surface area contributed by atoms with E-state index in [-0.39, 0.29) is 29.4 Å². The van der Waals surface area contributed by atoms with Gasteiger partial charge in [-0.3, -0.25) is 9.52 Å². The maximum Gasteiger partial charge on any atom is 0.265 e. The van der Waals surface area contributed by atoms with Crippen molar-refractivity contribution in [3.8, 4) is 11.5 Å². The van der Waals surface area contributed by atoms with E-state index in [2.05, 4.69) is 10.0 Å². The van der Waals surface area contributed by atoms with Crippen LogP contribution in [0.2, 0.25) is 5.02 Å². The van der Waals surface area contributed by atoms with Gasteiger partial charge in [0.25, 0.3) is 15.9 Å². The number of ether oxygens (including phenoxy) is 2. The zero-order chi connectivity index (χ0) is 23.1. The number of aryl methyl sites for hydroxylation is 1. The van der Waals surface area contributed by atoms with E-state index >= 15 is 0 Å². The standard InChI is InChI=1S/C23H23ClN2O5S/c1-16-3-8-19(9-4-16)26-32(28,29)22-15-17(5-12-21(22)30-2)23(27)25-13-14-31-20-10-6-18(24)7-11-20/h3-12,15,26H,13-14H2,1-2H3,(H,25,27). The predicted octanol–water partition coefficient (Wildman–Crippen LogP) is 4.27. The van der Waals surface area contributed by atoms with E-state index in [9.17, 15) is 13.2 Å². The number of carbonyl (C=O) groups excluding carboxylic acids is 1. The number of nitrogens with one attached hydrogen (secondary N) is 2. The third kappa shape index (κ3) is 6.15. The van der Waals surface area contributed by atoms with E-state index < -0.39 is 15.9 Å². The first-order chi connectivity index (χ1) is 15.3. The topological polar surface area (TPSA) is 93.7 Å². The van der Waals surface area contributed by atoms with Crippen molar-refractivity contribution in [3.63, 3.8) is 0 Å². The van der Waals surface area contributed by atoms with Gasteiger partial charge in [0.05, 0.1) is 13.7 Å². The highest BCUT2D eigenvalue weighted by Gasteiger charge is 2.22. The number of halogens is 1. The molecule has 32 heavy (non-hydrogen) atoms. The van der Waals surface area contributed by atoms with Gasteiger partial charge in [-0.2, -0.15) is 0 Å². The Hall–Kier alpha value is -3.23. The molecule has 9 heteroatoms. The SMILES string of the molecule is COc1ccc(C(=O)NCCOc2ccc(Cl)cc2)cc1S(=O)(=O)Nc1ccc(C)cc1. The lowest BCUT2D eigenvalue weighted by Crippen LogP contribution is -2.28. The van der Waals surface area contributed by atoms with Gasteiger partial charge in [-0.1, -0.05) is 29.3 Å². The highest BCUT2D eigenvalue weighted by Crippen LogP contribution is 2.27. The summed E-state index contributed by atoms with van der Waals surface area (Å²) >= 11 is 5.83. The van der Waals surface area contributed by atoms with E-state index in [0.29, 0.717) is 16.5 Å². The largest absolute Gasteiger partial charge is 0.495 e. The molecule has 168 valence electrons. The Balaban J connectivity index is 1.68. The van der Waals surface area contributed by atoms with E-state index in [1.165, 1.54) is 25.3 Å². The van der Waals surface area contributed by atoms with Crippen molar-refractivity contribution >= 4 is 33.2 Å². The summed E-state index contributed by atoms with van der Waals surface area (Å²) in [5.74, 6) is 0.329. The van der Waals surface area contributed by atoms with Gasteiger partial charge in [-0.25, -0.2) is 8.42 Å². The number of methoxy groups -OCH3 is 1. The number of rotatable bonds is 9. The molecule has 0 radical (unpaired) electrons. The van der Waals surface area contributed by atoms with Gasteiger partial charge in [-0.15, -0.1) is 0 Å². The molecule has 1 amide bonds. The lowest BCUT2D eigenvalue weighted by molar-refractivity contribution is 0.0946. The summed E-state index contributed by atoms with van der Waals surface area (Å²) in [4.78, 5) is 12.4.